The lowest BCUT2D eigenvalue weighted by Gasteiger charge is -2.44. The lowest BCUT2D eigenvalue weighted by Crippen LogP contribution is -2.57. The molecule has 0 aromatic rings. The van der Waals surface area contributed by atoms with E-state index in [-0.39, 0.29) is 18.2 Å². The van der Waals surface area contributed by atoms with Gasteiger partial charge in [-0.05, 0) is 40.0 Å². The summed E-state index contributed by atoms with van der Waals surface area (Å²) in [5, 5.41) is 0. The predicted molar refractivity (Wildman–Crippen MR) is 91.1 cm³/mol. The van der Waals surface area contributed by atoms with Crippen LogP contribution in [-0.4, -0.2) is 68.8 Å². The smallest absolute Gasteiger partial charge is 0.411 e. The number of hydrogen-bond acceptors (Lipinski definition) is 5. The van der Waals surface area contributed by atoms with E-state index in [4.69, 9.17) is 18.9 Å². The third kappa shape index (κ3) is 5.76. The van der Waals surface area contributed by atoms with E-state index in [0.29, 0.717) is 26.4 Å². The zero-order chi connectivity index (χ0) is 17.6. The highest BCUT2D eigenvalue weighted by molar-refractivity contribution is 5.70. The Kier molecular flexibility index (Phi) is 7.07. The van der Waals surface area contributed by atoms with Gasteiger partial charge in [-0.15, -0.1) is 0 Å². The van der Waals surface area contributed by atoms with Crippen LogP contribution in [0.4, 0.5) is 4.79 Å². The SMILES string of the molecule is COCCOCCCC1=CC2COCC(C1)N2C(=O)OC(C)(C)C. The van der Waals surface area contributed by atoms with E-state index < -0.39 is 5.60 Å². The van der Waals surface area contributed by atoms with Crippen molar-refractivity contribution in [3.8, 4) is 0 Å². The Bertz CT molecular complexity index is 443. The lowest BCUT2D eigenvalue weighted by atomic mass is 9.92. The topological polar surface area (TPSA) is 57.2 Å². The van der Waals surface area contributed by atoms with Gasteiger partial charge in [0.25, 0.3) is 0 Å². The van der Waals surface area contributed by atoms with Crippen molar-refractivity contribution >= 4 is 6.09 Å². The van der Waals surface area contributed by atoms with E-state index in [0.717, 1.165) is 25.9 Å². The Morgan fingerprint density at radius 1 is 1.29 bits per heavy atom. The molecule has 2 atom stereocenters. The molecule has 0 spiro atoms. The Hall–Kier alpha value is -1.11. The van der Waals surface area contributed by atoms with Gasteiger partial charge < -0.3 is 18.9 Å². The van der Waals surface area contributed by atoms with Crippen LogP contribution in [0.3, 0.4) is 0 Å². The molecule has 2 aliphatic rings. The molecule has 1 amide bonds. The quantitative estimate of drug-likeness (QED) is 0.526. The molecular weight excluding hydrogens is 310 g/mol. The first-order valence-corrected chi connectivity index (χ1v) is 8.76. The normalized spacial score (nSPS) is 23.8. The number of carbonyl (C=O) groups excluding carboxylic acids is 1. The monoisotopic (exact) mass is 341 g/mol. The number of morpholine rings is 1. The third-order valence-corrected chi connectivity index (χ3v) is 4.10. The maximum atomic E-state index is 12.5. The minimum absolute atomic E-state index is 0.0169. The average molecular weight is 341 g/mol. The van der Waals surface area contributed by atoms with E-state index in [1.54, 1.807) is 7.11 Å². The molecule has 2 unspecified atom stereocenters. The van der Waals surface area contributed by atoms with Crippen LogP contribution in [0.25, 0.3) is 0 Å². The molecule has 1 fully saturated rings. The summed E-state index contributed by atoms with van der Waals surface area (Å²) in [6.07, 6.45) is 4.78. The molecule has 0 aromatic carbocycles. The highest BCUT2D eigenvalue weighted by atomic mass is 16.6. The molecule has 0 saturated carbocycles. The molecule has 6 heteroatoms. The first-order chi connectivity index (χ1) is 11.4. The Morgan fingerprint density at radius 2 is 2.08 bits per heavy atom. The first-order valence-electron chi connectivity index (χ1n) is 8.76. The van der Waals surface area contributed by atoms with Crippen molar-refractivity contribution in [3.63, 3.8) is 0 Å². The fourth-order valence-corrected chi connectivity index (χ4v) is 3.11. The van der Waals surface area contributed by atoms with Crippen molar-refractivity contribution in [2.75, 3.05) is 40.1 Å². The largest absolute Gasteiger partial charge is 0.444 e. The number of nitrogens with zero attached hydrogens (tertiary/aromatic N) is 1. The van der Waals surface area contributed by atoms with Crippen molar-refractivity contribution in [1.82, 2.24) is 4.90 Å². The maximum absolute atomic E-state index is 12.5. The van der Waals surface area contributed by atoms with Crippen LogP contribution in [0, 0.1) is 0 Å². The molecule has 0 radical (unpaired) electrons. The molecule has 6 nitrogen and oxygen atoms in total. The Labute approximate surface area is 145 Å². The van der Waals surface area contributed by atoms with Crippen LogP contribution in [0.15, 0.2) is 11.6 Å². The molecular formula is C18H31NO5. The molecule has 138 valence electrons. The van der Waals surface area contributed by atoms with E-state index in [2.05, 4.69) is 6.08 Å². The second kappa shape index (κ2) is 8.83. The van der Waals surface area contributed by atoms with E-state index >= 15 is 0 Å². The van der Waals surface area contributed by atoms with Crippen molar-refractivity contribution in [3.05, 3.63) is 11.6 Å². The number of hydrogen-bond donors (Lipinski definition) is 0. The number of fused-ring (bicyclic) bond motifs is 2. The van der Waals surface area contributed by atoms with Crippen LogP contribution >= 0.6 is 0 Å². The van der Waals surface area contributed by atoms with Gasteiger partial charge in [-0.2, -0.15) is 0 Å². The van der Waals surface area contributed by atoms with E-state index in [9.17, 15) is 4.79 Å². The maximum Gasteiger partial charge on any atom is 0.411 e. The number of rotatable bonds is 7. The number of amides is 1. The predicted octanol–water partition coefficient (Wildman–Crippen LogP) is 2.76. The van der Waals surface area contributed by atoms with Gasteiger partial charge in [0.1, 0.15) is 5.60 Å². The highest BCUT2D eigenvalue weighted by Crippen LogP contribution is 2.30. The molecule has 24 heavy (non-hydrogen) atoms. The summed E-state index contributed by atoms with van der Waals surface area (Å²) in [7, 11) is 1.67. The Morgan fingerprint density at radius 3 is 2.75 bits per heavy atom. The van der Waals surface area contributed by atoms with Gasteiger partial charge >= 0.3 is 6.09 Å². The Balaban J connectivity index is 1.86. The second-order valence-electron chi connectivity index (χ2n) is 7.38. The van der Waals surface area contributed by atoms with Crippen LogP contribution in [0.1, 0.15) is 40.0 Å². The van der Waals surface area contributed by atoms with Gasteiger partial charge in [-0.25, -0.2) is 4.79 Å². The number of methoxy groups -OCH3 is 1. The van der Waals surface area contributed by atoms with Gasteiger partial charge in [0, 0.05) is 13.7 Å². The molecule has 2 heterocycles. The number of ether oxygens (including phenoxy) is 4. The lowest BCUT2D eigenvalue weighted by molar-refractivity contribution is -0.0538. The van der Waals surface area contributed by atoms with Crippen molar-refractivity contribution in [2.24, 2.45) is 0 Å². The molecule has 0 aromatic heterocycles. The van der Waals surface area contributed by atoms with Gasteiger partial charge in [0.2, 0.25) is 0 Å². The minimum Gasteiger partial charge on any atom is -0.444 e. The van der Waals surface area contributed by atoms with E-state index in [1.807, 2.05) is 25.7 Å². The van der Waals surface area contributed by atoms with E-state index in [1.165, 1.54) is 5.57 Å². The van der Waals surface area contributed by atoms with Gasteiger partial charge in [0.15, 0.2) is 0 Å². The van der Waals surface area contributed by atoms with Crippen LogP contribution < -0.4 is 0 Å². The zero-order valence-electron chi connectivity index (χ0n) is 15.4. The fraction of sp³-hybridized carbons (Fsp3) is 0.833. The summed E-state index contributed by atoms with van der Waals surface area (Å²) in [4.78, 5) is 14.3. The molecule has 0 aliphatic carbocycles. The first kappa shape index (κ1) is 19.2. The average Bonchev–Trinajstić information content (AvgIpc) is 2.48. The van der Waals surface area contributed by atoms with Crippen molar-refractivity contribution < 1.29 is 23.7 Å². The zero-order valence-corrected chi connectivity index (χ0v) is 15.4. The standard InChI is InChI=1S/C18H31NO5/c1-18(2,3)24-17(20)19-15-10-14(11-16(19)13-23-12-15)6-5-7-22-9-8-21-4/h10,15-16H,5-9,11-13H2,1-4H3. The summed E-state index contributed by atoms with van der Waals surface area (Å²) in [5.74, 6) is 0. The highest BCUT2D eigenvalue weighted by Gasteiger charge is 2.39. The second-order valence-corrected chi connectivity index (χ2v) is 7.38. The summed E-state index contributed by atoms with van der Waals surface area (Å²) in [5.41, 5.74) is 0.916. The van der Waals surface area contributed by atoms with Gasteiger partial charge in [-0.3, -0.25) is 4.90 Å². The molecule has 2 rings (SSSR count). The summed E-state index contributed by atoms with van der Waals surface area (Å²) < 4.78 is 21.7. The molecule has 1 saturated heterocycles. The third-order valence-electron chi connectivity index (χ3n) is 4.10. The van der Waals surface area contributed by atoms with Crippen LogP contribution in [0.2, 0.25) is 0 Å². The van der Waals surface area contributed by atoms with Crippen molar-refractivity contribution in [1.29, 1.82) is 0 Å². The minimum atomic E-state index is -0.476. The summed E-state index contributed by atoms with van der Waals surface area (Å²) in [6, 6.07) is 0.0600. The number of carbonyl (C=O) groups is 1. The van der Waals surface area contributed by atoms with Gasteiger partial charge in [0.05, 0.1) is 38.5 Å². The fourth-order valence-electron chi connectivity index (χ4n) is 3.11. The molecule has 0 N–H and O–H groups in total. The van der Waals surface area contributed by atoms with Crippen molar-refractivity contribution in [2.45, 2.75) is 57.7 Å². The summed E-state index contributed by atoms with van der Waals surface area (Å²) in [6.45, 7) is 8.82. The molecule has 2 aliphatic heterocycles. The van der Waals surface area contributed by atoms with Crippen LogP contribution in [0.5, 0.6) is 0 Å². The van der Waals surface area contributed by atoms with Gasteiger partial charge in [-0.1, -0.05) is 11.6 Å². The summed E-state index contributed by atoms with van der Waals surface area (Å²) >= 11 is 0. The van der Waals surface area contributed by atoms with Crippen LogP contribution in [-0.2, 0) is 18.9 Å². The molecule has 2 bridgehead atoms.